The summed E-state index contributed by atoms with van der Waals surface area (Å²) in [6.45, 7) is 4.81. The topological polar surface area (TPSA) is 4.93 Å². The van der Waals surface area contributed by atoms with Gasteiger partial charge in [0.05, 0.1) is 16.4 Å². The van der Waals surface area contributed by atoms with Gasteiger partial charge in [-0.2, -0.15) is 0 Å². The van der Waals surface area contributed by atoms with Gasteiger partial charge >= 0.3 is 0 Å². The van der Waals surface area contributed by atoms with Crippen molar-refractivity contribution in [1.29, 1.82) is 0 Å². The van der Waals surface area contributed by atoms with Gasteiger partial charge in [0, 0.05) is 21.9 Å². The minimum atomic E-state index is -0.493. The Bertz CT molecular complexity index is 3040. The second-order valence-corrected chi connectivity index (χ2v) is 16.5. The zero-order valence-corrected chi connectivity index (χ0v) is 33.3. The van der Waals surface area contributed by atoms with Crippen molar-refractivity contribution >= 4 is 21.8 Å². The number of nitrogens with zero attached hydrogens (tertiary/aromatic N) is 1. The number of rotatable bonds is 7. The van der Waals surface area contributed by atoms with E-state index < -0.39 is 5.41 Å². The normalized spacial score (nSPS) is 13.1. The SMILES string of the molecule is CC1(C)c2cc(-c3ccc4c(c3)c3ccccc3n4-c3ccc(-c4ccccc4)cc3)ccc2-c2ccc(C(c3ccccc3)(c3ccccc3)c3ccccc3)cc21. The molecule has 59 heavy (non-hydrogen) atoms. The van der Waals surface area contributed by atoms with Gasteiger partial charge in [0.1, 0.15) is 0 Å². The van der Waals surface area contributed by atoms with Gasteiger partial charge in [-0.25, -0.2) is 0 Å². The molecule has 0 bridgehead atoms. The van der Waals surface area contributed by atoms with Gasteiger partial charge in [-0.15, -0.1) is 0 Å². The second kappa shape index (κ2) is 13.7. The second-order valence-electron chi connectivity index (χ2n) is 16.5. The largest absolute Gasteiger partial charge is 0.309 e. The van der Waals surface area contributed by atoms with Crippen molar-refractivity contribution < 1.29 is 0 Å². The molecule has 11 rings (SSSR count). The highest BCUT2D eigenvalue weighted by molar-refractivity contribution is 6.10. The molecule has 1 aliphatic carbocycles. The molecule has 0 unspecified atom stereocenters. The summed E-state index contributed by atoms with van der Waals surface area (Å²) >= 11 is 0. The number of benzene rings is 9. The molecule has 1 heteroatoms. The fraction of sp³-hybridized carbons (Fsp3) is 0.0690. The molecule has 0 radical (unpaired) electrons. The third-order valence-electron chi connectivity index (χ3n) is 13.0. The van der Waals surface area contributed by atoms with Crippen LogP contribution in [0.1, 0.15) is 47.2 Å². The monoisotopic (exact) mass is 753 g/mol. The minimum absolute atomic E-state index is 0.210. The molecule has 0 fully saturated rings. The summed E-state index contributed by atoms with van der Waals surface area (Å²) in [6, 6.07) is 82.9. The van der Waals surface area contributed by atoms with E-state index >= 15 is 0 Å². The number of fused-ring (bicyclic) bond motifs is 6. The molecule has 0 saturated heterocycles. The first kappa shape index (κ1) is 35.0. The lowest BCUT2D eigenvalue weighted by Crippen LogP contribution is -2.31. The summed E-state index contributed by atoms with van der Waals surface area (Å²) in [4.78, 5) is 0. The third-order valence-corrected chi connectivity index (χ3v) is 13.0. The molecular formula is C58H43N. The molecule has 0 N–H and O–H groups in total. The highest BCUT2D eigenvalue weighted by Gasteiger charge is 2.42. The van der Waals surface area contributed by atoms with Crippen LogP contribution in [0.3, 0.4) is 0 Å². The van der Waals surface area contributed by atoms with Crippen molar-refractivity contribution in [3.63, 3.8) is 0 Å². The van der Waals surface area contributed by atoms with Crippen molar-refractivity contribution in [2.45, 2.75) is 24.7 Å². The van der Waals surface area contributed by atoms with Crippen LogP contribution in [0, 0.1) is 0 Å². The number of hydrogen-bond acceptors (Lipinski definition) is 0. The summed E-state index contributed by atoms with van der Waals surface area (Å²) in [5.74, 6) is 0. The fourth-order valence-corrected chi connectivity index (χ4v) is 10.1. The summed E-state index contributed by atoms with van der Waals surface area (Å²) in [5.41, 5.74) is 18.2. The first-order valence-corrected chi connectivity index (χ1v) is 20.7. The molecule has 0 amide bonds. The Morgan fingerprint density at radius 1 is 0.339 bits per heavy atom. The van der Waals surface area contributed by atoms with Crippen LogP contribution in [-0.2, 0) is 10.8 Å². The Labute approximate surface area is 346 Å². The number of para-hydroxylation sites is 1. The highest BCUT2D eigenvalue weighted by Crippen LogP contribution is 2.53. The first-order chi connectivity index (χ1) is 29.0. The van der Waals surface area contributed by atoms with E-state index in [0.717, 1.165) is 5.69 Å². The van der Waals surface area contributed by atoms with Crippen LogP contribution < -0.4 is 0 Å². The molecule has 1 aliphatic rings. The molecule has 1 aromatic heterocycles. The molecule has 0 spiro atoms. The number of aromatic nitrogens is 1. The van der Waals surface area contributed by atoms with Crippen LogP contribution >= 0.6 is 0 Å². The number of hydrogen-bond donors (Lipinski definition) is 0. The van der Waals surface area contributed by atoms with Gasteiger partial charge in [0.2, 0.25) is 0 Å². The van der Waals surface area contributed by atoms with Crippen LogP contribution in [-0.4, -0.2) is 4.57 Å². The maximum absolute atomic E-state index is 2.51. The lowest BCUT2D eigenvalue weighted by molar-refractivity contribution is 0.655. The van der Waals surface area contributed by atoms with E-state index in [-0.39, 0.29) is 5.41 Å². The molecule has 0 aliphatic heterocycles. The fourth-order valence-electron chi connectivity index (χ4n) is 10.1. The van der Waals surface area contributed by atoms with Gasteiger partial charge in [-0.1, -0.05) is 202 Å². The van der Waals surface area contributed by atoms with Gasteiger partial charge in [-0.3, -0.25) is 0 Å². The molecule has 1 nitrogen and oxygen atoms in total. The van der Waals surface area contributed by atoms with Crippen molar-refractivity contribution in [2.75, 3.05) is 0 Å². The van der Waals surface area contributed by atoms with E-state index in [1.807, 2.05) is 0 Å². The highest BCUT2D eigenvalue weighted by atomic mass is 15.0. The maximum atomic E-state index is 2.51. The predicted octanol–water partition coefficient (Wildman–Crippen LogP) is 14.8. The van der Waals surface area contributed by atoms with Gasteiger partial charge < -0.3 is 4.57 Å². The third kappa shape index (κ3) is 5.46. The summed E-state index contributed by atoms with van der Waals surface area (Å²) in [6.07, 6.45) is 0. The van der Waals surface area contributed by atoms with Crippen LogP contribution in [0.2, 0.25) is 0 Å². The zero-order valence-electron chi connectivity index (χ0n) is 33.3. The van der Waals surface area contributed by atoms with Crippen molar-refractivity contribution in [1.82, 2.24) is 4.57 Å². The molecule has 10 aromatic rings. The summed E-state index contributed by atoms with van der Waals surface area (Å²) in [5, 5.41) is 2.52. The Hall–Kier alpha value is -7.22. The van der Waals surface area contributed by atoms with Crippen molar-refractivity contribution in [3.8, 4) is 39.1 Å². The van der Waals surface area contributed by atoms with Crippen molar-refractivity contribution in [3.05, 3.63) is 258 Å². The van der Waals surface area contributed by atoms with Crippen molar-refractivity contribution in [2.24, 2.45) is 0 Å². The van der Waals surface area contributed by atoms with E-state index in [1.54, 1.807) is 0 Å². The van der Waals surface area contributed by atoms with E-state index in [1.165, 1.54) is 88.6 Å². The lowest BCUT2D eigenvalue weighted by atomic mass is 9.64. The van der Waals surface area contributed by atoms with E-state index in [2.05, 4.69) is 243 Å². The van der Waals surface area contributed by atoms with E-state index in [4.69, 9.17) is 0 Å². The minimum Gasteiger partial charge on any atom is -0.309 e. The smallest absolute Gasteiger partial charge is 0.0701 e. The zero-order chi connectivity index (χ0) is 39.6. The molecule has 0 saturated carbocycles. The Morgan fingerprint density at radius 3 is 1.42 bits per heavy atom. The first-order valence-electron chi connectivity index (χ1n) is 20.7. The average molecular weight is 754 g/mol. The molecule has 1 heterocycles. The van der Waals surface area contributed by atoms with Gasteiger partial charge in [-0.05, 0) is 103 Å². The summed E-state index contributed by atoms with van der Waals surface area (Å²) in [7, 11) is 0. The molecule has 0 atom stereocenters. The molecule has 280 valence electrons. The lowest BCUT2D eigenvalue weighted by Gasteiger charge is -2.37. The Morgan fingerprint density at radius 2 is 0.797 bits per heavy atom. The molecular weight excluding hydrogens is 711 g/mol. The van der Waals surface area contributed by atoms with Gasteiger partial charge in [0.15, 0.2) is 0 Å². The Balaban J connectivity index is 1.02. The predicted molar refractivity (Wildman–Crippen MR) is 248 cm³/mol. The maximum Gasteiger partial charge on any atom is 0.0701 e. The average Bonchev–Trinajstić information content (AvgIpc) is 3.75. The Kier molecular flexibility index (Phi) is 8.13. The van der Waals surface area contributed by atoms with Crippen LogP contribution in [0.4, 0.5) is 0 Å². The van der Waals surface area contributed by atoms with Crippen LogP contribution in [0.15, 0.2) is 224 Å². The van der Waals surface area contributed by atoms with E-state index in [0.29, 0.717) is 0 Å². The van der Waals surface area contributed by atoms with Crippen LogP contribution in [0.25, 0.3) is 60.9 Å². The quantitative estimate of drug-likeness (QED) is 0.143. The summed E-state index contributed by atoms with van der Waals surface area (Å²) < 4.78 is 2.41. The van der Waals surface area contributed by atoms with Gasteiger partial charge in [0.25, 0.3) is 0 Å². The molecule has 9 aromatic carbocycles. The van der Waals surface area contributed by atoms with E-state index in [9.17, 15) is 0 Å². The van der Waals surface area contributed by atoms with Crippen LogP contribution in [0.5, 0.6) is 0 Å². The standard InChI is InChI=1S/C58H43N/c1-57(2)53-38-43(42-30-36-56-52(37-42)51-25-15-16-26-55(51)59(56)48-32-27-41(28-33-48)40-17-7-3-8-18-40)29-34-49(53)50-35-31-47(39-54(50)57)58(44-19-9-4-10-20-44,45-21-11-5-12-22-45)46-23-13-6-14-24-46/h3-39H,1-2H3.